The zero-order valence-corrected chi connectivity index (χ0v) is 8.51. The van der Waals surface area contributed by atoms with Crippen LogP contribution in [0.2, 0.25) is 0 Å². The van der Waals surface area contributed by atoms with Gasteiger partial charge in [-0.1, -0.05) is 18.5 Å². The Labute approximate surface area is 82.8 Å². The second kappa shape index (κ2) is 5.72. The Bertz CT molecular complexity index is 222. The van der Waals surface area contributed by atoms with Gasteiger partial charge in [0.2, 0.25) is 0 Å². The minimum Gasteiger partial charge on any atom is -0.482 e. The van der Waals surface area contributed by atoms with Gasteiger partial charge < -0.3 is 21.3 Å². The zero-order valence-electron chi connectivity index (χ0n) is 7.75. The van der Waals surface area contributed by atoms with Crippen molar-refractivity contribution >= 4 is 11.6 Å². The highest BCUT2D eigenvalue weighted by Gasteiger charge is 2.11. The number of rotatable bonds is 4. The van der Waals surface area contributed by atoms with Crippen molar-refractivity contribution in [1.29, 1.82) is 0 Å². The summed E-state index contributed by atoms with van der Waals surface area (Å²) < 4.78 is 4.77. The predicted molar refractivity (Wildman–Crippen MR) is 52.6 cm³/mol. The number of halogens is 1. The maximum Gasteiger partial charge on any atom is 0.189 e. The Hall–Kier alpha value is -0.870. The van der Waals surface area contributed by atoms with Crippen LogP contribution in [0, 0.1) is 0 Å². The Kier molecular flexibility index (Phi) is 5.34. The summed E-state index contributed by atoms with van der Waals surface area (Å²) in [5.74, 6) is 0.123. The molecule has 0 aliphatic heterocycles. The number of hydrogen-bond donors (Lipinski definition) is 3. The Morgan fingerprint density at radius 2 is 2.15 bits per heavy atom. The molecule has 0 radical (unpaired) electrons. The molecule has 0 aromatic rings. The summed E-state index contributed by atoms with van der Waals surface area (Å²) in [5.41, 5.74) is 11.1. The zero-order chi connectivity index (χ0) is 10.4. The Morgan fingerprint density at radius 3 is 2.46 bits per heavy atom. The summed E-state index contributed by atoms with van der Waals surface area (Å²) in [7, 11) is 1.41. The summed E-state index contributed by atoms with van der Waals surface area (Å²) >= 11 is 5.46. The standard InChI is InChI=1S/C8H15ClN2O2/c1-3-6(12)5(4-7(9)10)8(11)13-2/h4,6,12H,3,10-11H2,1-2H3/b7-4-,8-5-. The molecule has 0 rings (SSSR count). The lowest BCUT2D eigenvalue weighted by molar-refractivity contribution is 0.195. The molecular formula is C8H15ClN2O2. The highest BCUT2D eigenvalue weighted by molar-refractivity contribution is 6.29. The van der Waals surface area contributed by atoms with Gasteiger partial charge in [-0.25, -0.2) is 0 Å². The van der Waals surface area contributed by atoms with Crippen LogP contribution in [-0.4, -0.2) is 18.3 Å². The first-order valence-corrected chi connectivity index (χ1v) is 4.25. The van der Waals surface area contributed by atoms with Gasteiger partial charge in [0.1, 0.15) is 0 Å². The van der Waals surface area contributed by atoms with Gasteiger partial charge in [-0.15, -0.1) is 0 Å². The van der Waals surface area contributed by atoms with Crippen molar-refractivity contribution in [2.75, 3.05) is 7.11 Å². The molecule has 0 aliphatic rings. The summed E-state index contributed by atoms with van der Waals surface area (Å²) in [4.78, 5) is 0. The van der Waals surface area contributed by atoms with E-state index >= 15 is 0 Å². The van der Waals surface area contributed by atoms with Gasteiger partial charge in [0.25, 0.3) is 0 Å². The number of methoxy groups -OCH3 is 1. The monoisotopic (exact) mass is 206 g/mol. The normalized spacial score (nSPS) is 16.5. The van der Waals surface area contributed by atoms with E-state index in [9.17, 15) is 5.11 Å². The van der Waals surface area contributed by atoms with Crippen molar-refractivity contribution < 1.29 is 9.84 Å². The fraction of sp³-hybridized carbons (Fsp3) is 0.500. The molecule has 0 fully saturated rings. The summed E-state index contributed by atoms with van der Waals surface area (Å²) in [6.07, 6.45) is 1.19. The number of ether oxygens (including phenoxy) is 1. The van der Waals surface area contributed by atoms with Crippen LogP contribution in [0.4, 0.5) is 0 Å². The van der Waals surface area contributed by atoms with Crippen LogP contribution < -0.4 is 11.5 Å². The van der Waals surface area contributed by atoms with Crippen molar-refractivity contribution in [2.45, 2.75) is 19.4 Å². The third-order valence-corrected chi connectivity index (χ3v) is 1.65. The van der Waals surface area contributed by atoms with E-state index in [1.165, 1.54) is 13.2 Å². The molecule has 0 saturated carbocycles. The van der Waals surface area contributed by atoms with Crippen LogP contribution >= 0.6 is 11.6 Å². The quantitative estimate of drug-likeness (QED) is 0.358. The van der Waals surface area contributed by atoms with Crippen LogP contribution in [0.15, 0.2) is 22.7 Å². The van der Waals surface area contributed by atoms with E-state index in [2.05, 4.69) is 0 Å². The molecule has 5 heteroatoms. The van der Waals surface area contributed by atoms with Crippen molar-refractivity contribution in [3.8, 4) is 0 Å². The highest BCUT2D eigenvalue weighted by Crippen LogP contribution is 2.13. The molecule has 0 aromatic heterocycles. The van der Waals surface area contributed by atoms with Crippen molar-refractivity contribution in [2.24, 2.45) is 11.5 Å². The summed E-state index contributed by atoms with van der Waals surface area (Å²) in [6.45, 7) is 1.81. The topological polar surface area (TPSA) is 81.5 Å². The van der Waals surface area contributed by atoms with Crippen molar-refractivity contribution in [1.82, 2.24) is 0 Å². The van der Waals surface area contributed by atoms with E-state index in [1.807, 2.05) is 6.92 Å². The molecule has 5 N–H and O–H groups in total. The summed E-state index contributed by atoms with van der Waals surface area (Å²) in [6, 6.07) is 0. The molecule has 0 bridgehead atoms. The van der Waals surface area contributed by atoms with Gasteiger partial charge in [-0.05, 0) is 12.5 Å². The lowest BCUT2D eigenvalue weighted by atomic mass is 10.1. The van der Waals surface area contributed by atoms with E-state index < -0.39 is 6.10 Å². The second-order valence-corrected chi connectivity index (χ2v) is 2.91. The van der Waals surface area contributed by atoms with Gasteiger partial charge in [0.05, 0.1) is 18.4 Å². The molecule has 0 amide bonds. The second-order valence-electron chi connectivity index (χ2n) is 2.48. The third kappa shape index (κ3) is 4.05. The number of aliphatic hydroxyl groups is 1. The van der Waals surface area contributed by atoms with Crippen LogP contribution in [0.1, 0.15) is 13.3 Å². The maximum absolute atomic E-state index is 9.49. The summed E-state index contributed by atoms with van der Waals surface area (Å²) in [5, 5.41) is 9.55. The van der Waals surface area contributed by atoms with E-state index in [0.29, 0.717) is 12.0 Å². The van der Waals surface area contributed by atoms with Gasteiger partial charge in [-0.2, -0.15) is 0 Å². The molecule has 1 atom stereocenters. The first kappa shape index (κ1) is 12.1. The fourth-order valence-electron chi connectivity index (χ4n) is 0.818. The maximum atomic E-state index is 9.49. The smallest absolute Gasteiger partial charge is 0.189 e. The van der Waals surface area contributed by atoms with E-state index in [0.717, 1.165) is 0 Å². The molecule has 0 heterocycles. The molecule has 13 heavy (non-hydrogen) atoms. The average molecular weight is 207 g/mol. The van der Waals surface area contributed by atoms with Crippen LogP contribution in [0.3, 0.4) is 0 Å². The third-order valence-electron chi connectivity index (χ3n) is 1.54. The van der Waals surface area contributed by atoms with Crippen LogP contribution in [-0.2, 0) is 4.74 Å². The highest BCUT2D eigenvalue weighted by atomic mass is 35.5. The van der Waals surface area contributed by atoms with Crippen LogP contribution in [0.25, 0.3) is 0 Å². The van der Waals surface area contributed by atoms with Crippen LogP contribution in [0.5, 0.6) is 0 Å². The minimum atomic E-state index is -0.711. The van der Waals surface area contributed by atoms with Gasteiger partial charge in [0, 0.05) is 5.57 Å². The molecule has 0 aromatic carbocycles. The number of nitrogens with two attached hydrogens (primary N) is 2. The van der Waals surface area contributed by atoms with E-state index in [1.54, 1.807) is 0 Å². The van der Waals surface area contributed by atoms with E-state index in [-0.39, 0.29) is 11.0 Å². The van der Waals surface area contributed by atoms with E-state index in [4.69, 9.17) is 27.8 Å². The fourth-order valence-corrected chi connectivity index (χ4v) is 0.935. The first-order chi connectivity index (χ1) is 6.02. The number of aliphatic hydroxyl groups excluding tert-OH is 1. The van der Waals surface area contributed by atoms with Crippen molar-refractivity contribution in [3.63, 3.8) is 0 Å². The van der Waals surface area contributed by atoms with Gasteiger partial charge >= 0.3 is 0 Å². The van der Waals surface area contributed by atoms with Gasteiger partial charge in [0.15, 0.2) is 5.88 Å². The average Bonchev–Trinajstić information content (AvgIpc) is 2.11. The molecule has 4 nitrogen and oxygen atoms in total. The SMILES string of the molecule is CCC(O)C(/C=C(\N)Cl)=C(/N)OC. The van der Waals surface area contributed by atoms with Crippen molar-refractivity contribution in [3.05, 3.63) is 22.7 Å². The molecule has 76 valence electrons. The predicted octanol–water partition coefficient (Wildman–Crippen LogP) is 0.613. The minimum absolute atomic E-state index is 0.0579. The molecule has 0 aliphatic carbocycles. The number of hydrogen-bond acceptors (Lipinski definition) is 4. The van der Waals surface area contributed by atoms with Gasteiger partial charge in [-0.3, -0.25) is 0 Å². The molecule has 0 spiro atoms. The molecular weight excluding hydrogens is 192 g/mol. The molecule has 0 saturated heterocycles. The lowest BCUT2D eigenvalue weighted by Crippen LogP contribution is -2.15. The Balaban J connectivity index is 4.87. The molecule has 1 unspecified atom stereocenters. The first-order valence-electron chi connectivity index (χ1n) is 3.87. The largest absolute Gasteiger partial charge is 0.482 e. The lowest BCUT2D eigenvalue weighted by Gasteiger charge is -2.12. The Morgan fingerprint density at radius 1 is 1.62 bits per heavy atom.